The molecule has 3 heteroatoms. The summed E-state index contributed by atoms with van der Waals surface area (Å²) >= 11 is 0. The van der Waals surface area contributed by atoms with Gasteiger partial charge in [-0.05, 0) is 48.7 Å². The normalized spacial score (nSPS) is 10.5. The maximum Gasteiger partial charge on any atom is 0.292 e. The lowest BCUT2D eigenvalue weighted by atomic mass is 10.1. The molecule has 1 heterocycles. The molecule has 22 heavy (non-hydrogen) atoms. The van der Waals surface area contributed by atoms with Gasteiger partial charge in [0, 0.05) is 11.3 Å². The topological polar surface area (TPSA) is 42.2 Å². The number of nitrogens with one attached hydrogen (secondary N) is 1. The zero-order valence-electron chi connectivity index (χ0n) is 12.6. The minimum atomic E-state index is -0.242. The number of furan rings is 1. The summed E-state index contributed by atoms with van der Waals surface area (Å²) in [6.07, 6.45) is 1.54. The predicted octanol–water partition coefficient (Wildman–Crippen LogP) is 4.82. The molecule has 1 N–H and O–H groups in total. The van der Waals surface area contributed by atoms with E-state index >= 15 is 0 Å². The fourth-order valence-corrected chi connectivity index (χ4v) is 2.56. The first kappa shape index (κ1) is 14.1. The summed E-state index contributed by atoms with van der Waals surface area (Å²) in [7, 11) is 0. The van der Waals surface area contributed by atoms with Gasteiger partial charge >= 0.3 is 0 Å². The predicted molar refractivity (Wildman–Crippen MR) is 88.0 cm³/mol. The third-order valence-electron chi connectivity index (χ3n) is 3.44. The summed E-state index contributed by atoms with van der Waals surface area (Å²) < 4.78 is 5.40. The number of hydrogen-bond donors (Lipinski definition) is 1. The van der Waals surface area contributed by atoms with E-state index in [2.05, 4.69) is 11.4 Å². The van der Waals surface area contributed by atoms with Crippen LogP contribution < -0.4 is 5.32 Å². The summed E-state index contributed by atoms with van der Waals surface area (Å²) in [6, 6.07) is 17.5. The second kappa shape index (κ2) is 5.90. The van der Waals surface area contributed by atoms with Crippen molar-refractivity contribution in [3.05, 3.63) is 77.7 Å². The van der Waals surface area contributed by atoms with E-state index in [9.17, 15) is 4.79 Å². The van der Waals surface area contributed by atoms with Gasteiger partial charge in [0.15, 0.2) is 5.76 Å². The van der Waals surface area contributed by atoms with Crippen molar-refractivity contribution in [2.24, 2.45) is 0 Å². The molecular weight excluding hydrogens is 274 g/mol. The molecule has 0 radical (unpaired) electrons. The largest absolute Gasteiger partial charge is 0.459 e. The van der Waals surface area contributed by atoms with Crippen LogP contribution in [0.1, 0.15) is 21.7 Å². The number of carbonyl (C=O) groups is 1. The van der Waals surface area contributed by atoms with Gasteiger partial charge in [-0.15, -0.1) is 0 Å². The Balaban J connectivity index is 1.89. The van der Waals surface area contributed by atoms with Crippen LogP contribution in [0.2, 0.25) is 0 Å². The van der Waals surface area contributed by atoms with Crippen molar-refractivity contribution in [2.75, 3.05) is 5.32 Å². The highest BCUT2D eigenvalue weighted by Crippen LogP contribution is 2.25. The van der Waals surface area contributed by atoms with Crippen molar-refractivity contribution in [1.82, 2.24) is 0 Å². The number of amides is 1. The SMILES string of the molecule is Cc1cc(C)cc(NC(=O)c2occc2-c2ccccc2)c1. The molecule has 0 atom stereocenters. The van der Waals surface area contributed by atoms with Crippen LogP contribution in [0.5, 0.6) is 0 Å². The molecule has 0 aliphatic carbocycles. The van der Waals surface area contributed by atoms with Crippen LogP contribution in [0.15, 0.2) is 65.3 Å². The van der Waals surface area contributed by atoms with Gasteiger partial charge in [0.2, 0.25) is 0 Å². The Morgan fingerprint density at radius 2 is 1.64 bits per heavy atom. The zero-order chi connectivity index (χ0) is 15.5. The zero-order valence-corrected chi connectivity index (χ0v) is 12.6. The molecule has 0 saturated heterocycles. The van der Waals surface area contributed by atoms with Crippen LogP contribution in [-0.4, -0.2) is 5.91 Å². The van der Waals surface area contributed by atoms with Crippen LogP contribution in [0.4, 0.5) is 5.69 Å². The van der Waals surface area contributed by atoms with Crippen LogP contribution in [-0.2, 0) is 0 Å². The molecule has 0 saturated carbocycles. The Hall–Kier alpha value is -2.81. The first-order valence-corrected chi connectivity index (χ1v) is 7.16. The molecular formula is C19H17NO2. The Bertz CT molecular complexity index is 783. The van der Waals surface area contributed by atoms with Crippen molar-refractivity contribution in [3.63, 3.8) is 0 Å². The quantitative estimate of drug-likeness (QED) is 0.752. The van der Waals surface area contributed by atoms with E-state index in [1.807, 2.05) is 62.4 Å². The second-order valence-electron chi connectivity index (χ2n) is 5.36. The van der Waals surface area contributed by atoms with Gasteiger partial charge in [-0.3, -0.25) is 4.79 Å². The maximum absolute atomic E-state index is 12.5. The van der Waals surface area contributed by atoms with Crippen molar-refractivity contribution in [2.45, 2.75) is 13.8 Å². The van der Waals surface area contributed by atoms with E-state index in [4.69, 9.17) is 4.42 Å². The minimum absolute atomic E-state index is 0.242. The highest BCUT2D eigenvalue weighted by Gasteiger charge is 2.17. The fraction of sp³-hybridized carbons (Fsp3) is 0.105. The number of benzene rings is 2. The van der Waals surface area contributed by atoms with Crippen molar-refractivity contribution in [1.29, 1.82) is 0 Å². The molecule has 0 unspecified atom stereocenters. The van der Waals surface area contributed by atoms with Crippen LogP contribution in [0.3, 0.4) is 0 Å². The van der Waals surface area contributed by atoms with Gasteiger partial charge in [0.05, 0.1) is 6.26 Å². The van der Waals surface area contributed by atoms with Crippen molar-refractivity contribution in [3.8, 4) is 11.1 Å². The van der Waals surface area contributed by atoms with E-state index in [1.165, 1.54) is 0 Å². The van der Waals surface area contributed by atoms with Crippen LogP contribution in [0.25, 0.3) is 11.1 Å². The summed E-state index contributed by atoms with van der Waals surface area (Å²) in [5.74, 6) is 0.0826. The monoisotopic (exact) mass is 291 g/mol. The highest BCUT2D eigenvalue weighted by atomic mass is 16.3. The number of aryl methyl sites for hydroxylation is 2. The number of hydrogen-bond acceptors (Lipinski definition) is 2. The number of carbonyl (C=O) groups excluding carboxylic acids is 1. The van der Waals surface area contributed by atoms with Gasteiger partial charge in [0.1, 0.15) is 0 Å². The number of rotatable bonds is 3. The van der Waals surface area contributed by atoms with Gasteiger partial charge in [-0.25, -0.2) is 0 Å². The third kappa shape index (κ3) is 2.93. The Kier molecular flexibility index (Phi) is 3.79. The average Bonchev–Trinajstić information content (AvgIpc) is 2.96. The van der Waals surface area contributed by atoms with Crippen LogP contribution >= 0.6 is 0 Å². The van der Waals surface area contributed by atoms with Gasteiger partial charge in [0.25, 0.3) is 5.91 Å². The molecule has 3 nitrogen and oxygen atoms in total. The van der Waals surface area contributed by atoms with E-state index in [0.29, 0.717) is 5.76 Å². The first-order valence-electron chi connectivity index (χ1n) is 7.16. The third-order valence-corrected chi connectivity index (χ3v) is 3.44. The van der Waals surface area contributed by atoms with Gasteiger partial charge < -0.3 is 9.73 Å². The fourth-order valence-electron chi connectivity index (χ4n) is 2.56. The van der Waals surface area contributed by atoms with Crippen LogP contribution in [0, 0.1) is 13.8 Å². The van der Waals surface area contributed by atoms with Gasteiger partial charge in [-0.2, -0.15) is 0 Å². The lowest BCUT2D eigenvalue weighted by Crippen LogP contribution is -2.12. The molecule has 0 aliphatic heterocycles. The summed E-state index contributed by atoms with van der Waals surface area (Å²) in [5, 5.41) is 2.90. The van der Waals surface area contributed by atoms with E-state index in [-0.39, 0.29) is 5.91 Å². The van der Waals surface area contributed by atoms with Crippen molar-refractivity contribution < 1.29 is 9.21 Å². The summed E-state index contributed by atoms with van der Waals surface area (Å²) in [6.45, 7) is 4.01. The average molecular weight is 291 g/mol. The molecule has 0 spiro atoms. The minimum Gasteiger partial charge on any atom is -0.459 e. The maximum atomic E-state index is 12.5. The molecule has 0 aliphatic rings. The molecule has 1 amide bonds. The molecule has 2 aromatic carbocycles. The second-order valence-corrected chi connectivity index (χ2v) is 5.36. The first-order chi connectivity index (χ1) is 10.6. The standard InChI is InChI=1S/C19H17NO2/c1-13-10-14(2)12-16(11-13)20-19(21)18-17(8-9-22-18)15-6-4-3-5-7-15/h3-12H,1-2H3,(H,20,21). The van der Waals surface area contributed by atoms with Crippen molar-refractivity contribution >= 4 is 11.6 Å². The molecule has 3 aromatic rings. The van der Waals surface area contributed by atoms with E-state index in [0.717, 1.165) is 27.9 Å². The lowest BCUT2D eigenvalue weighted by molar-refractivity contribution is 0.0997. The molecule has 0 bridgehead atoms. The Morgan fingerprint density at radius 3 is 2.32 bits per heavy atom. The number of anilines is 1. The highest BCUT2D eigenvalue weighted by molar-refractivity contribution is 6.06. The molecule has 1 aromatic heterocycles. The van der Waals surface area contributed by atoms with E-state index < -0.39 is 0 Å². The summed E-state index contributed by atoms with van der Waals surface area (Å²) in [5.41, 5.74) is 4.75. The smallest absolute Gasteiger partial charge is 0.292 e. The molecule has 0 fully saturated rings. The summed E-state index contributed by atoms with van der Waals surface area (Å²) in [4.78, 5) is 12.5. The Morgan fingerprint density at radius 1 is 0.955 bits per heavy atom. The molecule has 110 valence electrons. The molecule has 3 rings (SSSR count). The van der Waals surface area contributed by atoms with Gasteiger partial charge in [-0.1, -0.05) is 36.4 Å². The van der Waals surface area contributed by atoms with E-state index in [1.54, 1.807) is 6.26 Å². The lowest BCUT2D eigenvalue weighted by Gasteiger charge is -2.07. The Labute approximate surface area is 129 Å².